The first-order chi connectivity index (χ1) is 6.84. The summed E-state index contributed by atoms with van der Waals surface area (Å²) in [5.74, 6) is 0. The average Bonchev–Trinajstić information content (AvgIpc) is 2.43. The zero-order valence-electron chi connectivity index (χ0n) is 7.87. The van der Waals surface area contributed by atoms with E-state index in [0.717, 1.165) is 37.7 Å². The zero-order valence-corrected chi connectivity index (χ0v) is 9.44. The Morgan fingerprint density at radius 3 is 3.07 bits per heavy atom. The van der Waals surface area contributed by atoms with Crippen LogP contribution in [0.2, 0.25) is 4.47 Å². The Labute approximate surface area is 92.3 Å². The fourth-order valence-corrected chi connectivity index (χ4v) is 2.46. The molecule has 0 aliphatic carbocycles. The Kier molecular flexibility index (Phi) is 3.69. The van der Waals surface area contributed by atoms with E-state index in [0.29, 0.717) is 4.47 Å². The third-order valence-corrected chi connectivity index (χ3v) is 3.24. The van der Waals surface area contributed by atoms with Gasteiger partial charge in [-0.2, -0.15) is 0 Å². The molecule has 2 rings (SSSR count). The second-order valence-electron chi connectivity index (χ2n) is 3.33. The molecule has 1 saturated heterocycles. The molecule has 1 aromatic rings. The number of halogens is 1. The van der Waals surface area contributed by atoms with Gasteiger partial charge in [0.15, 0.2) is 0 Å². The molecule has 78 valence electrons. The monoisotopic (exact) mass is 232 g/mol. The SMILES string of the molecule is Clc1nnc(CN2CCCNCC2)s1. The maximum absolute atomic E-state index is 5.72. The van der Waals surface area contributed by atoms with Crippen molar-refractivity contribution in [3.63, 3.8) is 0 Å². The minimum Gasteiger partial charge on any atom is -0.315 e. The molecule has 0 radical (unpaired) electrons. The van der Waals surface area contributed by atoms with Crippen molar-refractivity contribution in [2.75, 3.05) is 26.2 Å². The van der Waals surface area contributed by atoms with Crippen molar-refractivity contribution in [2.24, 2.45) is 0 Å². The van der Waals surface area contributed by atoms with E-state index in [1.807, 2.05) is 0 Å². The van der Waals surface area contributed by atoms with Crippen LogP contribution in [0.4, 0.5) is 0 Å². The van der Waals surface area contributed by atoms with Crippen LogP contribution < -0.4 is 5.32 Å². The molecule has 2 heterocycles. The van der Waals surface area contributed by atoms with Gasteiger partial charge in [-0.25, -0.2) is 0 Å². The molecular weight excluding hydrogens is 220 g/mol. The van der Waals surface area contributed by atoms with Gasteiger partial charge in [0.25, 0.3) is 0 Å². The molecular formula is C8H13ClN4S. The Hall–Kier alpha value is -0.230. The maximum atomic E-state index is 5.72. The zero-order chi connectivity index (χ0) is 9.80. The summed E-state index contributed by atoms with van der Waals surface area (Å²) in [4.78, 5) is 2.39. The first kappa shape index (κ1) is 10.3. The van der Waals surface area contributed by atoms with Gasteiger partial charge >= 0.3 is 0 Å². The van der Waals surface area contributed by atoms with Crippen molar-refractivity contribution in [1.29, 1.82) is 0 Å². The van der Waals surface area contributed by atoms with Gasteiger partial charge in [0, 0.05) is 13.1 Å². The lowest BCUT2D eigenvalue weighted by molar-refractivity contribution is 0.283. The van der Waals surface area contributed by atoms with Crippen LogP contribution >= 0.6 is 22.9 Å². The lowest BCUT2D eigenvalue weighted by atomic mass is 10.4. The second kappa shape index (κ2) is 5.02. The van der Waals surface area contributed by atoms with E-state index in [-0.39, 0.29) is 0 Å². The molecule has 0 saturated carbocycles. The normalized spacial score (nSPS) is 19.5. The highest BCUT2D eigenvalue weighted by atomic mass is 35.5. The van der Waals surface area contributed by atoms with Gasteiger partial charge in [0.05, 0.1) is 6.54 Å². The predicted molar refractivity (Wildman–Crippen MR) is 57.7 cm³/mol. The van der Waals surface area contributed by atoms with E-state index < -0.39 is 0 Å². The third-order valence-electron chi connectivity index (χ3n) is 2.23. The van der Waals surface area contributed by atoms with Crippen molar-refractivity contribution in [3.8, 4) is 0 Å². The third kappa shape index (κ3) is 2.88. The molecule has 0 aromatic carbocycles. The topological polar surface area (TPSA) is 41.1 Å². The molecule has 1 aliphatic heterocycles. The van der Waals surface area contributed by atoms with Crippen LogP contribution in [0.1, 0.15) is 11.4 Å². The van der Waals surface area contributed by atoms with Crippen LogP contribution in [0.3, 0.4) is 0 Å². The van der Waals surface area contributed by atoms with Crippen molar-refractivity contribution >= 4 is 22.9 Å². The van der Waals surface area contributed by atoms with Gasteiger partial charge in [-0.05, 0) is 31.1 Å². The summed E-state index contributed by atoms with van der Waals surface area (Å²) in [6.07, 6.45) is 1.20. The van der Waals surface area contributed by atoms with E-state index >= 15 is 0 Å². The van der Waals surface area contributed by atoms with Crippen LogP contribution in [0.15, 0.2) is 0 Å². The van der Waals surface area contributed by atoms with E-state index in [1.165, 1.54) is 17.8 Å². The molecule has 0 atom stereocenters. The summed E-state index contributed by atoms with van der Waals surface area (Å²) in [5.41, 5.74) is 0. The number of rotatable bonds is 2. The summed E-state index contributed by atoms with van der Waals surface area (Å²) in [6.45, 7) is 5.27. The number of aromatic nitrogens is 2. The smallest absolute Gasteiger partial charge is 0.207 e. The number of nitrogens with zero attached hydrogens (tertiary/aromatic N) is 3. The molecule has 4 nitrogen and oxygen atoms in total. The fraction of sp³-hybridized carbons (Fsp3) is 0.750. The van der Waals surface area contributed by atoms with Crippen molar-refractivity contribution in [1.82, 2.24) is 20.4 Å². The molecule has 1 fully saturated rings. The van der Waals surface area contributed by atoms with E-state index in [4.69, 9.17) is 11.6 Å². The van der Waals surface area contributed by atoms with Crippen molar-refractivity contribution < 1.29 is 0 Å². The van der Waals surface area contributed by atoms with Crippen LogP contribution in [-0.4, -0.2) is 41.3 Å². The minimum absolute atomic E-state index is 0.535. The van der Waals surface area contributed by atoms with Crippen LogP contribution in [-0.2, 0) is 6.54 Å². The fourth-order valence-electron chi connectivity index (χ4n) is 1.55. The number of hydrogen-bond donors (Lipinski definition) is 1. The molecule has 1 N–H and O–H groups in total. The lowest BCUT2D eigenvalue weighted by Crippen LogP contribution is -2.27. The molecule has 0 bridgehead atoms. The van der Waals surface area contributed by atoms with E-state index in [2.05, 4.69) is 20.4 Å². The minimum atomic E-state index is 0.535. The van der Waals surface area contributed by atoms with E-state index in [9.17, 15) is 0 Å². The van der Waals surface area contributed by atoms with E-state index in [1.54, 1.807) is 0 Å². The molecule has 6 heteroatoms. The lowest BCUT2D eigenvalue weighted by Gasteiger charge is -2.16. The molecule has 0 unspecified atom stereocenters. The van der Waals surface area contributed by atoms with Crippen molar-refractivity contribution in [3.05, 3.63) is 9.47 Å². The Morgan fingerprint density at radius 2 is 2.29 bits per heavy atom. The quantitative estimate of drug-likeness (QED) is 0.826. The van der Waals surface area contributed by atoms with Crippen molar-refractivity contribution in [2.45, 2.75) is 13.0 Å². The second-order valence-corrected chi connectivity index (χ2v) is 4.97. The molecule has 1 aliphatic rings. The summed E-state index contributed by atoms with van der Waals surface area (Å²) in [6, 6.07) is 0. The Morgan fingerprint density at radius 1 is 1.36 bits per heavy atom. The first-order valence-corrected chi connectivity index (χ1v) is 5.95. The average molecular weight is 233 g/mol. The standard InChI is InChI=1S/C8H13ClN4S/c9-8-12-11-7(14-8)6-13-4-1-2-10-3-5-13/h10H,1-6H2. The maximum Gasteiger partial charge on any atom is 0.207 e. The largest absolute Gasteiger partial charge is 0.315 e. The Balaban J connectivity index is 1.89. The molecule has 1 aromatic heterocycles. The van der Waals surface area contributed by atoms with Gasteiger partial charge in [-0.15, -0.1) is 10.2 Å². The first-order valence-electron chi connectivity index (χ1n) is 4.75. The highest BCUT2D eigenvalue weighted by Crippen LogP contribution is 2.16. The summed E-state index contributed by atoms with van der Waals surface area (Å²) >= 11 is 7.19. The van der Waals surface area contributed by atoms with Crippen LogP contribution in [0.5, 0.6) is 0 Å². The predicted octanol–water partition coefficient (Wildman–Crippen LogP) is 0.987. The number of hydrogen-bond acceptors (Lipinski definition) is 5. The molecule has 14 heavy (non-hydrogen) atoms. The van der Waals surface area contributed by atoms with Gasteiger partial charge in [0.1, 0.15) is 5.01 Å². The van der Waals surface area contributed by atoms with Gasteiger partial charge < -0.3 is 5.32 Å². The van der Waals surface area contributed by atoms with Crippen LogP contribution in [0.25, 0.3) is 0 Å². The van der Waals surface area contributed by atoms with Gasteiger partial charge in [-0.3, -0.25) is 4.90 Å². The molecule has 0 spiro atoms. The highest BCUT2D eigenvalue weighted by Gasteiger charge is 2.11. The summed E-state index contributed by atoms with van der Waals surface area (Å²) < 4.78 is 0.535. The summed E-state index contributed by atoms with van der Waals surface area (Å²) in [5, 5.41) is 12.2. The number of nitrogens with one attached hydrogen (secondary N) is 1. The summed E-state index contributed by atoms with van der Waals surface area (Å²) in [7, 11) is 0. The van der Waals surface area contributed by atoms with Crippen LogP contribution in [0, 0.1) is 0 Å². The van der Waals surface area contributed by atoms with Gasteiger partial charge in [-0.1, -0.05) is 11.3 Å². The molecule has 0 amide bonds. The van der Waals surface area contributed by atoms with Gasteiger partial charge in [0.2, 0.25) is 4.47 Å². The highest BCUT2D eigenvalue weighted by molar-refractivity contribution is 7.15. The Bertz CT molecular complexity index is 283.